The molecule has 1 atom stereocenters. The number of carbonyl (C=O) groups excluding carboxylic acids is 1. The minimum Gasteiger partial charge on any atom is -0.396 e. The van der Waals surface area contributed by atoms with Gasteiger partial charge in [0, 0.05) is 29.6 Å². The third kappa shape index (κ3) is 3.29. The van der Waals surface area contributed by atoms with Crippen molar-refractivity contribution in [3.8, 4) is 0 Å². The topological polar surface area (TPSA) is 68.0 Å². The van der Waals surface area contributed by atoms with E-state index in [1.165, 1.54) is 18.2 Å². The zero-order valence-electron chi connectivity index (χ0n) is 10.4. The van der Waals surface area contributed by atoms with E-state index in [4.69, 9.17) is 5.73 Å². The molecule has 0 radical (unpaired) electrons. The summed E-state index contributed by atoms with van der Waals surface area (Å²) in [6, 6.07) is 3.93. The van der Waals surface area contributed by atoms with E-state index in [0.717, 1.165) is 5.01 Å². The summed E-state index contributed by atoms with van der Waals surface area (Å²) in [5, 5.41) is 5.65. The smallest absolute Gasteiger partial charge is 0.251 e. The van der Waals surface area contributed by atoms with E-state index >= 15 is 0 Å². The van der Waals surface area contributed by atoms with Crippen molar-refractivity contribution in [1.82, 2.24) is 10.3 Å². The lowest BCUT2D eigenvalue weighted by atomic mass is 10.1. The first-order valence-corrected chi connectivity index (χ1v) is 6.68. The molecule has 19 heavy (non-hydrogen) atoms. The molecule has 3 N–H and O–H groups in total. The first kappa shape index (κ1) is 13.5. The third-order valence-electron chi connectivity index (χ3n) is 2.70. The van der Waals surface area contributed by atoms with Gasteiger partial charge >= 0.3 is 0 Å². The SMILES string of the molecule is CC(CNC(=O)c1ccc(F)c(N)c1)c1nccs1. The maximum absolute atomic E-state index is 13.0. The Morgan fingerprint density at radius 1 is 1.58 bits per heavy atom. The molecule has 0 spiro atoms. The summed E-state index contributed by atoms with van der Waals surface area (Å²) < 4.78 is 13.0. The fourth-order valence-electron chi connectivity index (χ4n) is 1.60. The Labute approximate surface area is 114 Å². The number of halogens is 1. The van der Waals surface area contributed by atoms with Crippen molar-refractivity contribution >= 4 is 22.9 Å². The number of nitrogens with zero attached hydrogens (tertiary/aromatic N) is 1. The van der Waals surface area contributed by atoms with Crippen LogP contribution in [0.15, 0.2) is 29.8 Å². The largest absolute Gasteiger partial charge is 0.396 e. The molecule has 0 aliphatic rings. The molecule has 1 heterocycles. The van der Waals surface area contributed by atoms with Crippen molar-refractivity contribution < 1.29 is 9.18 Å². The minimum absolute atomic E-state index is 0.0272. The Kier molecular flexibility index (Phi) is 4.11. The van der Waals surface area contributed by atoms with E-state index in [1.807, 2.05) is 12.3 Å². The van der Waals surface area contributed by atoms with Gasteiger partial charge in [0.25, 0.3) is 5.91 Å². The van der Waals surface area contributed by atoms with E-state index in [2.05, 4.69) is 10.3 Å². The fourth-order valence-corrected chi connectivity index (χ4v) is 2.30. The van der Waals surface area contributed by atoms with Crippen LogP contribution >= 0.6 is 11.3 Å². The number of anilines is 1. The lowest BCUT2D eigenvalue weighted by Gasteiger charge is -2.10. The van der Waals surface area contributed by atoms with Gasteiger partial charge in [-0.05, 0) is 18.2 Å². The zero-order chi connectivity index (χ0) is 13.8. The zero-order valence-corrected chi connectivity index (χ0v) is 11.2. The number of rotatable bonds is 4. The van der Waals surface area contributed by atoms with E-state index < -0.39 is 5.82 Å². The number of benzene rings is 1. The standard InChI is InChI=1S/C13H14FN3OS/c1-8(13-16-4-5-19-13)7-17-12(18)9-2-3-10(14)11(15)6-9/h2-6,8H,7,15H2,1H3,(H,17,18). The monoisotopic (exact) mass is 279 g/mol. The summed E-state index contributed by atoms with van der Waals surface area (Å²) in [6.07, 6.45) is 1.74. The number of nitrogens with two attached hydrogens (primary N) is 1. The highest BCUT2D eigenvalue weighted by Gasteiger charge is 2.12. The van der Waals surface area contributed by atoms with Gasteiger partial charge in [-0.25, -0.2) is 9.37 Å². The average Bonchev–Trinajstić information content (AvgIpc) is 2.92. The predicted octanol–water partition coefficient (Wildman–Crippen LogP) is 2.40. The lowest BCUT2D eigenvalue weighted by Crippen LogP contribution is -2.27. The molecule has 0 bridgehead atoms. The van der Waals surface area contributed by atoms with E-state index in [0.29, 0.717) is 12.1 Å². The molecule has 1 aromatic heterocycles. The highest BCUT2D eigenvalue weighted by Crippen LogP contribution is 2.17. The van der Waals surface area contributed by atoms with E-state index in [9.17, 15) is 9.18 Å². The second-order valence-corrected chi connectivity index (χ2v) is 5.14. The van der Waals surface area contributed by atoms with Gasteiger partial charge in [-0.15, -0.1) is 11.3 Å². The number of amides is 1. The number of nitrogen functional groups attached to an aromatic ring is 1. The molecule has 0 aliphatic carbocycles. The third-order valence-corrected chi connectivity index (χ3v) is 3.71. The van der Waals surface area contributed by atoms with Crippen LogP contribution in [0.5, 0.6) is 0 Å². The molecular weight excluding hydrogens is 265 g/mol. The predicted molar refractivity (Wildman–Crippen MR) is 73.7 cm³/mol. The molecule has 2 aromatic rings. The summed E-state index contributed by atoms with van der Waals surface area (Å²) in [5.74, 6) is -0.649. The van der Waals surface area contributed by atoms with Crippen LogP contribution < -0.4 is 11.1 Å². The fraction of sp³-hybridized carbons (Fsp3) is 0.231. The minimum atomic E-state index is -0.521. The number of hydrogen-bond acceptors (Lipinski definition) is 4. The van der Waals surface area contributed by atoms with Gasteiger partial charge in [0.2, 0.25) is 0 Å². The van der Waals surface area contributed by atoms with Crippen molar-refractivity contribution in [1.29, 1.82) is 0 Å². The van der Waals surface area contributed by atoms with Gasteiger partial charge < -0.3 is 11.1 Å². The summed E-state index contributed by atoms with van der Waals surface area (Å²) >= 11 is 1.55. The summed E-state index contributed by atoms with van der Waals surface area (Å²) in [7, 11) is 0. The van der Waals surface area contributed by atoms with Crippen molar-refractivity contribution in [2.75, 3.05) is 12.3 Å². The molecule has 2 rings (SSSR count). The maximum atomic E-state index is 13.0. The normalized spacial score (nSPS) is 12.1. The lowest BCUT2D eigenvalue weighted by molar-refractivity contribution is 0.0951. The summed E-state index contributed by atoms with van der Waals surface area (Å²) in [5.41, 5.74) is 5.75. The molecular formula is C13H14FN3OS. The molecule has 6 heteroatoms. The second kappa shape index (κ2) is 5.79. The van der Waals surface area contributed by atoms with E-state index in [1.54, 1.807) is 17.5 Å². The van der Waals surface area contributed by atoms with Crippen LogP contribution in [-0.4, -0.2) is 17.4 Å². The van der Waals surface area contributed by atoms with Crippen molar-refractivity contribution in [3.63, 3.8) is 0 Å². The van der Waals surface area contributed by atoms with Gasteiger partial charge in [-0.2, -0.15) is 0 Å². The number of thiazole rings is 1. The number of hydrogen-bond donors (Lipinski definition) is 2. The van der Waals surface area contributed by atoms with Crippen molar-refractivity contribution in [2.45, 2.75) is 12.8 Å². The molecule has 1 amide bonds. The summed E-state index contributed by atoms with van der Waals surface area (Å²) in [6.45, 7) is 2.46. The maximum Gasteiger partial charge on any atom is 0.251 e. The molecule has 100 valence electrons. The quantitative estimate of drug-likeness (QED) is 0.844. The van der Waals surface area contributed by atoms with Crippen LogP contribution in [0.4, 0.5) is 10.1 Å². The van der Waals surface area contributed by atoms with Gasteiger partial charge in [0.15, 0.2) is 0 Å². The highest BCUT2D eigenvalue weighted by atomic mass is 32.1. The molecule has 0 saturated carbocycles. The first-order valence-electron chi connectivity index (χ1n) is 5.80. The van der Waals surface area contributed by atoms with Crippen molar-refractivity contribution in [2.24, 2.45) is 0 Å². The average molecular weight is 279 g/mol. The molecule has 0 fully saturated rings. The van der Waals surface area contributed by atoms with Crippen LogP contribution in [0.3, 0.4) is 0 Å². The molecule has 0 saturated heterocycles. The number of aromatic nitrogens is 1. The van der Waals surface area contributed by atoms with Crippen LogP contribution in [-0.2, 0) is 0 Å². The number of carbonyl (C=O) groups is 1. The molecule has 1 unspecified atom stereocenters. The Balaban J connectivity index is 1.96. The van der Waals surface area contributed by atoms with Crippen LogP contribution in [0.1, 0.15) is 28.2 Å². The Morgan fingerprint density at radius 2 is 2.37 bits per heavy atom. The first-order chi connectivity index (χ1) is 9.08. The van der Waals surface area contributed by atoms with Gasteiger partial charge in [0.1, 0.15) is 5.82 Å². The van der Waals surface area contributed by atoms with Crippen LogP contribution in [0.2, 0.25) is 0 Å². The van der Waals surface area contributed by atoms with Gasteiger partial charge in [-0.3, -0.25) is 4.79 Å². The molecule has 4 nitrogen and oxygen atoms in total. The second-order valence-electron chi connectivity index (χ2n) is 4.22. The Bertz CT molecular complexity index is 571. The number of nitrogens with one attached hydrogen (secondary N) is 1. The van der Waals surface area contributed by atoms with Gasteiger partial charge in [-0.1, -0.05) is 6.92 Å². The molecule has 0 aliphatic heterocycles. The van der Waals surface area contributed by atoms with Crippen molar-refractivity contribution in [3.05, 3.63) is 46.2 Å². The van der Waals surface area contributed by atoms with Gasteiger partial charge in [0.05, 0.1) is 10.7 Å². The van der Waals surface area contributed by atoms with Crippen LogP contribution in [0.25, 0.3) is 0 Å². The van der Waals surface area contributed by atoms with Crippen LogP contribution in [0, 0.1) is 5.82 Å². The van der Waals surface area contributed by atoms with E-state index in [-0.39, 0.29) is 17.5 Å². The summed E-state index contributed by atoms with van der Waals surface area (Å²) in [4.78, 5) is 16.1. The Hall–Kier alpha value is -1.95. The molecule has 1 aromatic carbocycles. The highest BCUT2D eigenvalue weighted by molar-refractivity contribution is 7.09. The Morgan fingerprint density at radius 3 is 3.00 bits per heavy atom.